The molecule has 0 saturated heterocycles. The molecule has 0 unspecified atom stereocenters. The van der Waals surface area contributed by atoms with Gasteiger partial charge in [0.25, 0.3) is 23.4 Å². The Morgan fingerprint density at radius 3 is 2.31 bits per heavy atom. The molecule has 4 rings (SSSR count). The van der Waals surface area contributed by atoms with Crippen LogP contribution in [0.15, 0.2) is 65.1 Å². The van der Waals surface area contributed by atoms with Crippen molar-refractivity contribution >= 4 is 68.3 Å². The van der Waals surface area contributed by atoms with Crippen LogP contribution in [-0.4, -0.2) is 45.0 Å². The molecule has 1 aliphatic rings. The standard InChI is InChI=1S/C23H12BrCl2N3O6/c24-13-6-4-12(5-7-13)19(30)11-27(21(31)15-9-8-14(25)10-17(15)26)28-22(32)16-2-1-3-18(29(34)35)20(16)23(28)33/h1-10H,11H2. The van der Waals surface area contributed by atoms with Crippen molar-refractivity contribution in [2.24, 2.45) is 0 Å². The number of benzene rings is 3. The number of Topliss-reactive ketones (excluding diaryl/α,β-unsaturated/α-hetero) is 1. The number of amides is 3. The van der Waals surface area contributed by atoms with Crippen molar-refractivity contribution in [2.45, 2.75) is 0 Å². The van der Waals surface area contributed by atoms with E-state index in [9.17, 15) is 29.3 Å². The minimum absolute atomic E-state index is 0.0776. The topological polar surface area (TPSA) is 118 Å². The Kier molecular flexibility index (Phi) is 6.70. The van der Waals surface area contributed by atoms with Crippen molar-refractivity contribution in [3.8, 4) is 0 Å². The fourth-order valence-electron chi connectivity index (χ4n) is 3.53. The maximum Gasteiger partial charge on any atom is 0.287 e. The van der Waals surface area contributed by atoms with Gasteiger partial charge in [-0.15, -0.1) is 0 Å². The van der Waals surface area contributed by atoms with Gasteiger partial charge in [0.15, 0.2) is 5.78 Å². The lowest BCUT2D eigenvalue weighted by molar-refractivity contribution is -0.385. The third-order valence-electron chi connectivity index (χ3n) is 5.17. The molecule has 0 aromatic heterocycles. The molecule has 35 heavy (non-hydrogen) atoms. The van der Waals surface area contributed by atoms with Crippen LogP contribution >= 0.6 is 39.1 Å². The van der Waals surface area contributed by atoms with Gasteiger partial charge in [0, 0.05) is 21.1 Å². The molecule has 176 valence electrons. The van der Waals surface area contributed by atoms with Gasteiger partial charge in [-0.2, -0.15) is 5.01 Å². The predicted molar refractivity (Wildman–Crippen MR) is 130 cm³/mol. The SMILES string of the molecule is O=C(CN(C(=O)c1ccc(Cl)cc1Cl)N1C(=O)c2cccc([N+](=O)[O-])c2C1=O)c1ccc(Br)cc1. The zero-order chi connectivity index (χ0) is 25.4. The van der Waals surface area contributed by atoms with E-state index in [1.54, 1.807) is 12.1 Å². The molecular formula is C23H12BrCl2N3O6. The van der Waals surface area contributed by atoms with Crippen LogP contribution in [0, 0.1) is 10.1 Å². The summed E-state index contributed by atoms with van der Waals surface area (Å²) in [6.07, 6.45) is 0. The Labute approximate surface area is 216 Å². The third kappa shape index (κ3) is 4.55. The lowest BCUT2D eigenvalue weighted by Crippen LogP contribution is -2.51. The number of halogens is 3. The Balaban J connectivity index is 1.80. The summed E-state index contributed by atoms with van der Waals surface area (Å²) in [6, 6.07) is 13.7. The number of ketones is 1. The molecule has 3 amide bonds. The van der Waals surface area contributed by atoms with Crippen LogP contribution in [0.5, 0.6) is 0 Å². The lowest BCUT2D eigenvalue weighted by Gasteiger charge is -2.29. The van der Waals surface area contributed by atoms with Gasteiger partial charge < -0.3 is 0 Å². The Hall–Kier alpha value is -3.60. The molecule has 9 nitrogen and oxygen atoms in total. The van der Waals surface area contributed by atoms with Crippen molar-refractivity contribution in [1.29, 1.82) is 0 Å². The number of nitro groups is 1. The highest BCUT2D eigenvalue weighted by Crippen LogP contribution is 2.33. The van der Waals surface area contributed by atoms with Crippen LogP contribution in [0.3, 0.4) is 0 Å². The second kappa shape index (κ2) is 9.57. The summed E-state index contributed by atoms with van der Waals surface area (Å²) < 4.78 is 0.711. The molecule has 1 aliphatic heterocycles. The van der Waals surface area contributed by atoms with Crippen molar-refractivity contribution in [3.05, 3.63) is 108 Å². The maximum atomic E-state index is 13.5. The second-order valence-electron chi connectivity index (χ2n) is 7.30. The largest absolute Gasteiger partial charge is 0.292 e. The fraction of sp³-hybridized carbons (Fsp3) is 0.0435. The first-order chi connectivity index (χ1) is 16.6. The maximum absolute atomic E-state index is 13.5. The summed E-state index contributed by atoms with van der Waals surface area (Å²) in [5.74, 6) is -3.65. The summed E-state index contributed by atoms with van der Waals surface area (Å²) in [4.78, 5) is 63.6. The first kappa shape index (κ1) is 24.5. The minimum atomic E-state index is -1.11. The molecule has 3 aromatic rings. The van der Waals surface area contributed by atoms with E-state index in [0.29, 0.717) is 14.5 Å². The third-order valence-corrected chi connectivity index (χ3v) is 6.24. The van der Waals surface area contributed by atoms with Crippen molar-refractivity contribution in [2.75, 3.05) is 6.54 Å². The highest BCUT2D eigenvalue weighted by molar-refractivity contribution is 9.10. The number of rotatable bonds is 6. The first-order valence-corrected chi connectivity index (χ1v) is 11.4. The number of nitro benzene ring substituents is 1. The smallest absolute Gasteiger partial charge is 0.287 e. The molecular weight excluding hydrogens is 565 g/mol. The average molecular weight is 577 g/mol. The van der Waals surface area contributed by atoms with Crippen LogP contribution < -0.4 is 0 Å². The summed E-state index contributed by atoms with van der Waals surface area (Å²) >= 11 is 15.3. The summed E-state index contributed by atoms with van der Waals surface area (Å²) in [7, 11) is 0. The zero-order valence-corrected chi connectivity index (χ0v) is 20.5. The summed E-state index contributed by atoms with van der Waals surface area (Å²) in [5, 5.41) is 12.7. The van der Waals surface area contributed by atoms with Crippen molar-refractivity contribution in [3.63, 3.8) is 0 Å². The van der Waals surface area contributed by atoms with Gasteiger partial charge in [-0.05, 0) is 36.4 Å². The van der Waals surface area contributed by atoms with Gasteiger partial charge in [0.2, 0.25) is 0 Å². The van der Waals surface area contributed by atoms with Gasteiger partial charge in [-0.3, -0.25) is 29.3 Å². The molecule has 1 heterocycles. The number of carbonyl (C=O) groups is 4. The van der Waals surface area contributed by atoms with Crippen LogP contribution in [0.1, 0.15) is 41.4 Å². The number of fused-ring (bicyclic) bond motifs is 1. The molecule has 0 bridgehead atoms. The van der Waals surface area contributed by atoms with Crippen molar-refractivity contribution < 1.29 is 24.1 Å². The molecule has 0 spiro atoms. The van der Waals surface area contributed by atoms with Crippen LogP contribution in [-0.2, 0) is 0 Å². The molecule has 0 N–H and O–H groups in total. The van der Waals surface area contributed by atoms with E-state index in [1.807, 2.05) is 0 Å². The van der Waals surface area contributed by atoms with Crippen LogP contribution in [0.4, 0.5) is 5.69 Å². The van der Waals surface area contributed by atoms with Gasteiger partial charge in [0.05, 0.1) is 21.1 Å². The monoisotopic (exact) mass is 575 g/mol. The van der Waals surface area contributed by atoms with Gasteiger partial charge in [-0.1, -0.05) is 57.3 Å². The van der Waals surface area contributed by atoms with E-state index in [-0.39, 0.29) is 26.7 Å². The zero-order valence-electron chi connectivity index (χ0n) is 17.4. The fourth-order valence-corrected chi connectivity index (χ4v) is 4.28. The van der Waals surface area contributed by atoms with E-state index in [2.05, 4.69) is 15.9 Å². The van der Waals surface area contributed by atoms with E-state index >= 15 is 0 Å². The molecule has 0 fully saturated rings. The van der Waals surface area contributed by atoms with E-state index in [0.717, 1.165) is 6.07 Å². The number of imide groups is 1. The number of carbonyl (C=O) groups excluding carboxylic acids is 4. The number of hydrazine groups is 1. The van der Waals surface area contributed by atoms with E-state index in [4.69, 9.17) is 23.2 Å². The molecule has 12 heteroatoms. The molecule has 3 aromatic carbocycles. The molecule has 0 aliphatic carbocycles. The number of hydrogen-bond donors (Lipinski definition) is 0. The quantitative estimate of drug-likeness (QED) is 0.172. The minimum Gasteiger partial charge on any atom is -0.292 e. The van der Waals surface area contributed by atoms with Gasteiger partial charge in [0.1, 0.15) is 12.1 Å². The normalized spacial score (nSPS) is 12.5. The second-order valence-corrected chi connectivity index (χ2v) is 9.06. The van der Waals surface area contributed by atoms with Crippen LogP contribution in [0.2, 0.25) is 10.0 Å². The molecule has 0 atom stereocenters. The summed E-state index contributed by atoms with van der Waals surface area (Å²) in [6.45, 7) is -0.724. The first-order valence-electron chi connectivity index (χ1n) is 9.82. The van der Waals surface area contributed by atoms with Crippen LogP contribution in [0.25, 0.3) is 0 Å². The summed E-state index contributed by atoms with van der Waals surface area (Å²) in [5.41, 5.74) is -1.26. The lowest BCUT2D eigenvalue weighted by atomic mass is 10.1. The highest BCUT2D eigenvalue weighted by atomic mass is 79.9. The Bertz CT molecular complexity index is 1430. The average Bonchev–Trinajstić information content (AvgIpc) is 3.07. The molecule has 0 radical (unpaired) electrons. The van der Waals surface area contributed by atoms with E-state index < -0.39 is 46.2 Å². The van der Waals surface area contributed by atoms with Gasteiger partial charge in [-0.25, -0.2) is 5.01 Å². The Morgan fingerprint density at radius 2 is 1.69 bits per heavy atom. The van der Waals surface area contributed by atoms with E-state index in [1.165, 1.54) is 42.5 Å². The number of nitrogens with zero attached hydrogens (tertiary/aromatic N) is 3. The molecule has 0 saturated carbocycles. The highest BCUT2D eigenvalue weighted by Gasteiger charge is 2.46. The van der Waals surface area contributed by atoms with Crippen molar-refractivity contribution in [1.82, 2.24) is 10.0 Å². The predicted octanol–water partition coefficient (Wildman–Crippen LogP) is 5.20. The van der Waals surface area contributed by atoms with Gasteiger partial charge >= 0.3 is 0 Å². The Morgan fingerprint density at radius 1 is 1.00 bits per heavy atom. The number of hydrogen-bond acceptors (Lipinski definition) is 6.